The number of amides is 1. The second-order valence-corrected chi connectivity index (χ2v) is 5.33. The predicted molar refractivity (Wildman–Crippen MR) is 86.0 cm³/mol. The first-order valence-electron chi connectivity index (χ1n) is 6.85. The smallest absolute Gasteiger partial charge is 0.270 e. The molecule has 6 heteroatoms. The number of carbonyl (C=O) groups is 1. The molecule has 22 heavy (non-hydrogen) atoms. The van der Waals surface area contributed by atoms with Crippen LogP contribution in [0.25, 0.3) is 0 Å². The number of nitrogens with zero attached hydrogens (tertiary/aromatic N) is 1. The summed E-state index contributed by atoms with van der Waals surface area (Å²) in [6.45, 7) is 0.588. The lowest BCUT2D eigenvalue weighted by Crippen LogP contribution is -2.29. The molecule has 0 radical (unpaired) electrons. The van der Waals surface area contributed by atoms with E-state index in [0.29, 0.717) is 28.8 Å². The van der Waals surface area contributed by atoms with Gasteiger partial charge in [0.2, 0.25) is 0 Å². The number of halogens is 1. The number of ether oxygens (including phenoxy) is 2. The molecule has 1 heterocycles. The molecule has 0 aliphatic rings. The molecule has 0 unspecified atom stereocenters. The summed E-state index contributed by atoms with van der Waals surface area (Å²) in [4.78, 5) is 16.7. The van der Waals surface area contributed by atoms with Crippen molar-refractivity contribution in [1.29, 1.82) is 0 Å². The van der Waals surface area contributed by atoms with Crippen LogP contribution < -0.4 is 9.47 Å². The second-order valence-electron chi connectivity index (χ2n) is 4.90. The molecular formula is C16H19ClN2O3. The zero-order valence-corrected chi connectivity index (χ0v) is 13.6. The van der Waals surface area contributed by atoms with Gasteiger partial charge in [-0.3, -0.25) is 4.79 Å². The number of hydrogen-bond acceptors (Lipinski definition) is 3. The average Bonchev–Trinajstić information content (AvgIpc) is 2.97. The van der Waals surface area contributed by atoms with Crippen LogP contribution >= 0.6 is 11.6 Å². The molecule has 1 aromatic carbocycles. The maximum absolute atomic E-state index is 12.2. The number of methoxy groups -OCH3 is 2. The Morgan fingerprint density at radius 1 is 1.23 bits per heavy atom. The van der Waals surface area contributed by atoms with E-state index in [1.165, 1.54) is 0 Å². The van der Waals surface area contributed by atoms with Crippen LogP contribution in [0, 0.1) is 0 Å². The summed E-state index contributed by atoms with van der Waals surface area (Å²) in [5, 5.41) is 0.525. The molecule has 1 amide bonds. The Bertz CT molecular complexity index is 655. The summed E-state index contributed by atoms with van der Waals surface area (Å²) in [5.41, 5.74) is 1.56. The van der Waals surface area contributed by atoms with Crippen molar-refractivity contribution in [2.24, 2.45) is 0 Å². The minimum absolute atomic E-state index is 0.0904. The molecule has 0 fully saturated rings. The number of rotatable bonds is 6. The van der Waals surface area contributed by atoms with Gasteiger partial charge in [-0.25, -0.2) is 0 Å². The quantitative estimate of drug-likeness (QED) is 0.889. The van der Waals surface area contributed by atoms with Crippen molar-refractivity contribution in [3.63, 3.8) is 0 Å². The van der Waals surface area contributed by atoms with Crippen LogP contribution in [-0.2, 0) is 6.42 Å². The van der Waals surface area contributed by atoms with Crippen molar-refractivity contribution < 1.29 is 14.3 Å². The Morgan fingerprint density at radius 3 is 2.55 bits per heavy atom. The van der Waals surface area contributed by atoms with Gasteiger partial charge in [-0.05, 0) is 30.2 Å². The maximum Gasteiger partial charge on any atom is 0.270 e. The molecule has 1 aromatic heterocycles. The van der Waals surface area contributed by atoms with Crippen LogP contribution in [0.3, 0.4) is 0 Å². The SMILES string of the molecule is COc1ccc(CCN(C)C(=O)c2cc(Cl)c[nH]2)cc1OC. The summed E-state index contributed by atoms with van der Waals surface area (Å²) in [6.07, 6.45) is 2.31. The molecule has 0 aliphatic heterocycles. The molecule has 2 aromatic rings. The van der Waals surface area contributed by atoms with Gasteiger partial charge < -0.3 is 19.4 Å². The summed E-state index contributed by atoms with van der Waals surface area (Å²) in [5.74, 6) is 1.29. The first kappa shape index (κ1) is 16.2. The minimum atomic E-state index is -0.0904. The van der Waals surface area contributed by atoms with Gasteiger partial charge in [0.25, 0.3) is 5.91 Å². The summed E-state index contributed by atoms with van der Waals surface area (Å²) >= 11 is 5.82. The van der Waals surface area contributed by atoms with Crippen molar-refractivity contribution in [2.45, 2.75) is 6.42 Å². The summed E-state index contributed by atoms with van der Waals surface area (Å²) < 4.78 is 10.5. The van der Waals surface area contributed by atoms with E-state index in [1.807, 2.05) is 18.2 Å². The molecule has 0 atom stereocenters. The number of hydrogen-bond donors (Lipinski definition) is 1. The van der Waals surface area contributed by atoms with Crippen LogP contribution in [0.4, 0.5) is 0 Å². The van der Waals surface area contributed by atoms with E-state index in [9.17, 15) is 4.79 Å². The lowest BCUT2D eigenvalue weighted by atomic mass is 10.1. The molecule has 0 spiro atoms. The molecule has 0 saturated carbocycles. The molecule has 118 valence electrons. The molecular weight excluding hydrogens is 304 g/mol. The van der Waals surface area contributed by atoms with Gasteiger partial charge >= 0.3 is 0 Å². The number of carbonyl (C=O) groups excluding carboxylic acids is 1. The monoisotopic (exact) mass is 322 g/mol. The number of aromatic nitrogens is 1. The second kappa shape index (κ2) is 7.22. The van der Waals surface area contributed by atoms with Gasteiger partial charge in [0.1, 0.15) is 5.69 Å². The van der Waals surface area contributed by atoms with Gasteiger partial charge in [-0.2, -0.15) is 0 Å². The standard InChI is InChI=1S/C16H19ClN2O3/c1-19(16(20)13-9-12(17)10-18-13)7-6-11-4-5-14(21-2)15(8-11)22-3/h4-5,8-10,18H,6-7H2,1-3H3. The number of benzene rings is 1. The highest BCUT2D eigenvalue weighted by molar-refractivity contribution is 6.30. The molecule has 2 rings (SSSR count). The summed E-state index contributed by atoms with van der Waals surface area (Å²) in [6, 6.07) is 7.37. The van der Waals surface area contributed by atoms with Crippen molar-refractivity contribution >= 4 is 17.5 Å². The van der Waals surface area contributed by atoms with E-state index in [0.717, 1.165) is 12.0 Å². The van der Waals surface area contributed by atoms with Crippen molar-refractivity contribution in [2.75, 3.05) is 27.8 Å². The Labute approximate surface area is 134 Å². The maximum atomic E-state index is 12.2. The van der Waals surface area contributed by atoms with E-state index in [2.05, 4.69) is 4.98 Å². The Morgan fingerprint density at radius 2 is 1.95 bits per heavy atom. The van der Waals surface area contributed by atoms with E-state index >= 15 is 0 Å². The summed E-state index contributed by atoms with van der Waals surface area (Å²) in [7, 11) is 4.97. The lowest BCUT2D eigenvalue weighted by Gasteiger charge is -2.17. The van der Waals surface area contributed by atoms with Gasteiger partial charge in [0.15, 0.2) is 11.5 Å². The molecule has 5 nitrogen and oxygen atoms in total. The number of likely N-dealkylation sites (N-methyl/N-ethyl adjacent to an activating group) is 1. The average molecular weight is 323 g/mol. The van der Waals surface area contributed by atoms with Crippen LogP contribution in [0.2, 0.25) is 5.02 Å². The zero-order valence-electron chi connectivity index (χ0n) is 12.9. The first-order chi connectivity index (χ1) is 10.5. The molecule has 0 saturated heterocycles. The first-order valence-corrected chi connectivity index (χ1v) is 7.23. The fourth-order valence-electron chi connectivity index (χ4n) is 2.13. The van der Waals surface area contributed by atoms with Crippen molar-refractivity contribution in [3.05, 3.63) is 46.7 Å². The van der Waals surface area contributed by atoms with E-state index < -0.39 is 0 Å². The van der Waals surface area contributed by atoms with Gasteiger partial charge in [0, 0.05) is 19.8 Å². The van der Waals surface area contributed by atoms with Gasteiger partial charge in [0.05, 0.1) is 19.2 Å². The fraction of sp³-hybridized carbons (Fsp3) is 0.312. The Hall–Kier alpha value is -2.14. The van der Waals surface area contributed by atoms with E-state index in [-0.39, 0.29) is 5.91 Å². The number of H-pyrrole nitrogens is 1. The third-order valence-corrected chi connectivity index (χ3v) is 3.63. The Balaban J connectivity index is 1.99. The predicted octanol–water partition coefficient (Wildman–Crippen LogP) is 3.00. The zero-order chi connectivity index (χ0) is 16.1. The topological polar surface area (TPSA) is 54.6 Å². The Kier molecular flexibility index (Phi) is 5.33. The van der Waals surface area contributed by atoms with E-state index in [1.54, 1.807) is 38.4 Å². The van der Waals surface area contributed by atoms with E-state index in [4.69, 9.17) is 21.1 Å². The number of aromatic amines is 1. The minimum Gasteiger partial charge on any atom is -0.493 e. The molecule has 1 N–H and O–H groups in total. The third-order valence-electron chi connectivity index (χ3n) is 3.41. The third kappa shape index (κ3) is 3.74. The van der Waals surface area contributed by atoms with Crippen molar-refractivity contribution in [1.82, 2.24) is 9.88 Å². The largest absolute Gasteiger partial charge is 0.493 e. The van der Waals surface area contributed by atoms with Gasteiger partial charge in [-0.15, -0.1) is 0 Å². The highest BCUT2D eigenvalue weighted by Gasteiger charge is 2.14. The van der Waals surface area contributed by atoms with Crippen LogP contribution in [0.5, 0.6) is 11.5 Å². The highest BCUT2D eigenvalue weighted by Crippen LogP contribution is 2.27. The molecule has 0 bridgehead atoms. The van der Waals surface area contributed by atoms with Crippen LogP contribution in [-0.4, -0.2) is 43.6 Å². The van der Waals surface area contributed by atoms with Crippen molar-refractivity contribution in [3.8, 4) is 11.5 Å². The highest BCUT2D eigenvalue weighted by atomic mass is 35.5. The normalized spacial score (nSPS) is 10.4. The fourth-order valence-corrected chi connectivity index (χ4v) is 2.30. The number of nitrogens with one attached hydrogen (secondary N) is 1. The van der Waals surface area contributed by atoms with Crippen LogP contribution in [0.15, 0.2) is 30.5 Å². The lowest BCUT2D eigenvalue weighted by molar-refractivity contribution is 0.0791. The molecule has 0 aliphatic carbocycles. The van der Waals surface area contributed by atoms with Gasteiger partial charge in [-0.1, -0.05) is 17.7 Å². The van der Waals surface area contributed by atoms with Crippen LogP contribution in [0.1, 0.15) is 16.1 Å².